The maximum absolute atomic E-state index is 12.8. The first-order valence-corrected chi connectivity index (χ1v) is 9.77. The number of carbonyl (C=O) groups excluding carboxylic acids is 2. The normalized spacial score (nSPS) is 25.3. The van der Waals surface area contributed by atoms with Gasteiger partial charge in [0.1, 0.15) is 6.26 Å². The smallest absolute Gasteiger partial charge is 0.257 e. The topological polar surface area (TPSA) is 62.6 Å². The fraction of sp³-hybridized carbons (Fsp3) is 0.700. The van der Waals surface area contributed by atoms with Crippen LogP contribution in [0.1, 0.15) is 68.1 Å². The van der Waals surface area contributed by atoms with Crippen LogP contribution in [0.3, 0.4) is 0 Å². The number of nitrogens with one attached hydrogen (secondary N) is 1. The number of hydrogen-bond acceptors (Lipinski definition) is 3. The summed E-state index contributed by atoms with van der Waals surface area (Å²) in [6, 6.07) is 2.17. The van der Waals surface area contributed by atoms with E-state index in [0.717, 1.165) is 32.4 Å². The average Bonchev–Trinajstić information content (AvgIpc) is 3.13. The van der Waals surface area contributed by atoms with Gasteiger partial charge < -0.3 is 14.6 Å². The molecule has 2 aliphatic carbocycles. The third-order valence-electron chi connectivity index (χ3n) is 6.38. The predicted octanol–water partition coefficient (Wildman–Crippen LogP) is 3.36. The maximum atomic E-state index is 12.8. The highest BCUT2D eigenvalue weighted by Crippen LogP contribution is 2.49. The molecular formula is C20H28N2O3. The van der Waals surface area contributed by atoms with Gasteiger partial charge in [-0.05, 0) is 49.5 Å². The molecule has 1 N–H and O–H groups in total. The Hall–Kier alpha value is -1.78. The fourth-order valence-electron chi connectivity index (χ4n) is 4.81. The van der Waals surface area contributed by atoms with Crippen LogP contribution in [-0.4, -0.2) is 35.8 Å². The highest BCUT2D eigenvalue weighted by atomic mass is 16.3. The van der Waals surface area contributed by atoms with Gasteiger partial charge in [-0.15, -0.1) is 0 Å². The molecule has 1 unspecified atom stereocenters. The molecule has 2 heterocycles. The molecule has 136 valence electrons. The van der Waals surface area contributed by atoms with Crippen molar-refractivity contribution in [3.8, 4) is 0 Å². The molecule has 1 aliphatic heterocycles. The van der Waals surface area contributed by atoms with Crippen LogP contribution in [0.5, 0.6) is 0 Å². The molecule has 5 heteroatoms. The Morgan fingerprint density at radius 2 is 2.04 bits per heavy atom. The third-order valence-corrected chi connectivity index (χ3v) is 6.38. The summed E-state index contributed by atoms with van der Waals surface area (Å²) in [5.41, 5.74) is 0.857. The molecule has 0 bridgehead atoms. The minimum absolute atomic E-state index is 0.0728. The van der Waals surface area contributed by atoms with Crippen LogP contribution in [0.15, 0.2) is 23.0 Å². The van der Waals surface area contributed by atoms with E-state index in [1.54, 1.807) is 12.3 Å². The van der Waals surface area contributed by atoms with Crippen molar-refractivity contribution in [2.45, 2.75) is 63.8 Å². The number of amides is 2. The molecule has 5 nitrogen and oxygen atoms in total. The fourth-order valence-corrected chi connectivity index (χ4v) is 4.81. The van der Waals surface area contributed by atoms with Crippen LogP contribution in [0.4, 0.5) is 0 Å². The second kappa shape index (κ2) is 6.85. The summed E-state index contributed by atoms with van der Waals surface area (Å²) in [7, 11) is 0. The molecule has 1 saturated heterocycles. The van der Waals surface area contributed by atoms with Gasteiger partial charge in [0.2, 0.25) is 5.91 Å². The van der Waals surface area contributed by atoms with Crippen LogP contribution in [-0.2, 0) is 4.79 Å². The molecule has 2 saturated carbocycles. The maximum Gasteiger partial charge on any atom is 0.257 e. The lowest BCUT2D eigenvalue weighted by atomic mass is 9.66. The molecule has 1 aromatic heterocycles. The van der Waals surface area contributed by atoms with Gasteiger partial charge in [-0.1, -0.05) is 19.3 Å². The lowest BCUT2D eigenvalue weighted by Gasteiger charge is -2.38. The zero-order chi connectivity index (χ0) is 17.3. The zero-order valence-corrected chi connectivity index (χ0v) is 14.8. The van der Waals surface area contributed by atoms with Crippen LogP contribution < -0.4 is 5.32 Å². The van der Waals surface area contributed by atoms with Gasteiger partial charge in [0.15, 0.2) is 0 Å². The Bertz CT molecular complexity index is 615. The Kier molecular flexibility index (Phi) is 4.57. The first kappa shape index (κ1) is 16.7. The van der Waals surface area contributed by atoms with Gasteiger partial charge in [-0.3, -0.25) is 9.59 Å². The molecule has 3 aliphatic rings. The second-order valence-corrected chi connectivity index (χ2v) is 8.20. The molecule has 1 atom stereocenters. The lowest BCUT2D eigenvalue weighted by molar-refractivity contribution is -0.121. The lowest BCUT2D eigenvalue weighted by Crippen LogP contribution is -2.35. The van der Waals surface area contributed by atoms with E-state index in [2.05, 4.69) is 5.32 Å². The highest BCUT2D eigenvalue weighted by molar-refractivity contribution is 5.94. The first-order valence-electron chi connectivity index (χ1n) is 9.77. The van der Waals surface area contributed by atoms with E-state index in [-0.39, 0.29) is 17.2 Å². The van der Waals surface area contributed by atoms with Gasteiger partial charge in [0.25, 0.3) is 5.91 Å². The number of rotatable bonds is 5. The van der Waals surface area contributed by atoms with Crippen LogP contribution >= 0.6 is 0 Å². The summed E-state index contributed by atoms with van der Waals surface area (Å²) in [5, 5.41) is 3.09. The molecule has 4 rings (SSSR count). The summed E-state index contributed by atoms with van der Waals surface area (Å²) in [4.78, 5) is 26.9. The Morgan fingerprint density at radius 3 is 2.72 bits per heavy atom. The minimum Gasteiger partial charge on any atom is -0.472 e. The van der Waals surface area contributed by atoms with Gasteiger partial charge in [-0.25, -0.2) is 0 Å². The van der Waals surface area contributed by atoms with E-state index in [9.17, 15) is 9.59 Å². The number of carbonyl (C=O) groups is 2. The molecule has 0 radical (unpaired) electrons. The van der Waals surface area contributed by atoms with Crippen LogP contribution in [0.2, 0.25) is 0 Å². The van der Waals surface area contributed by atoms with Crippen LogP contribution in [0.25, 0.3) is 0 Å². The third kappa shape index (κ3) is 3.60. The van der Waals surface area contributed by atoms with Crippen molar-refractivity contribution in [2.75, 3.05) is 13.1 Å². The number of likely N-dealkylation sites (tertiary alicyclic amines) is 1. The predicted molar refractivity (Wildman–Crippen MR) is 94.0 cm³/mol. The van der Waals surface area contributed by atoms with Crippen LogP contribution in [0, 0.1) is 11.3 Å². The van der Waals surface area contributed by atoms with Crippen molar-refractivity contribution in [2.24, 2.45) is 11.3 Å². The van der Waals surface area contributed by atoms with E-state index in [1.165, 1.54) is 38.4 Å². The van der Waals surface area contributed by atoms with Gasteiger partial charge in [0.05, 0.1) is 11.8 Å². The molecule has 2 amide bonds. The second-order valence-electron chi connectivity index (χ2n) is 8.20. The van der Waals surface area contributed by atoms with E-state index < -0.39 is 0 Å². The van der Waals surface area contributed by atoms with Crippen molar-refractivity contribution >= 4 is 11.8 Å². The summed E-state index contributed by atoms with van der Waals surface area (Å²) < 4.78 is 5.08. The van der Waals surface area contributed by atoms with Crippen molar-refractivity contribution in [1.82, 2.24) is 10.2 Å². The van der Waals surface area contributed by atoms with Gasteiger partial charge >= 0.3 is 0 Å². The zero-order valence-electron chi connectivity index (χ0n) is 14.8. The van der Waals surface area contributed by atoms with Crippen molar-refractivity contribution in [3.05, 3.63) is 24.2 Å². The minimum atomic E-state index is 0.0728. The Morgan fingerprint density at radius 1 is 1.24 bits per heavy atom. The quantitative estimate of drug-likeness (QED) is 0.891. The number of hydrogen-bond donors (Lipinski definition) is 1. The van der Waals surface area contributed by atoms with E-state index in [0.29, 0.717) is 23.9 Å². The van der Waals surface area contributed by atoms with Crippen molar-refractivity contribution in [3.63, 3.8) is 0 Å². The summed E-state index contributed by atoms with van der Waals surface area (Å²) in [6.45, 7) is 1.62. The SMILES string of the molecule is O=C(CCC1CN(C(=O)c2ccoc2)CC12CCCCC2)NC1CC1. The van der Waals surface area contributed by atoms with E-state index >= 15 is 0 Å². The average molecular weight is 344 g/mol. The van der Waals surface area contributed by atoms with Gasteiger partial charge in [0, 0.05) is 25.6 Å². The molecule has 0 aromatic carbocycles. The summed E-state index contributed by atoms with van der Waals surface area (Å²) >= 11 is 0. The Balaban J connectivity index is 1.43. The van der Waals surface area contributed by atoms with Crippen molar-refractivity contribution < 1.29 is 14.0 Å². The van der Waals surface area contributed by atoms with Crippen molar-refractivity contribution in [1.29, 1.82) is 0 Å². The molecule has 1 spiro atoms. The highest BCUT2D eigenvalue weighted by Gasteiger charge is 2.48. The van der Waals surface area contributed by atoms with E-state index in [1.807, 2.05) is 4.90 Å². The first-order chi connectivity index (χ1) is 12.2. The van der Waals surface area contributed by atoms with Gasteiger partial charge in [-0.2, -0.15) is 0 Å². The number of nitrogens with zero attached hydrogens (tertiary/aromatic N) is 1. The molecular weight excluding hydrogens is 316 g/mol. The summed E-state index contributed by atoms with van der Waals surface area (Å²) in [6.07, 6.45) is 13.0. The monoisotopic (exact) mass is 344 g/mol. The molecule has 1 aromatic rings. The standard InChI is InChI=1S/C20H28N2O3/c23-18(21-17-5-6-17)7-4-16-12-22(19(24)15-8-11-25-13-15)14-20(16)9-2-1-3-10-20/h8,11,13,16-17H,1-7,9-10,12,14H2,(H,21,23). The summed E-state index contributed by atoms with van der Waals surface area (Å²) in [5.74, 6) is 0.699. The number of furan rings is 1. The molecule has 25 heavy (non-hydrogen) atoms. The largest absolute Gasteiger partial charge is 0.472 e. The molecule has 3 fully saturated rings. The Labute approximate surface area is 149 Å². The van der Waals surface area contributed by atoms with E-state index in [4.69, 9.17) is 4.42 Å².